The third-order valence-corrected chi connectivity index (χ3v) is 5.92. The molecule has 2 aliphatic carbocycles. The lowest BCUT2D eigenvalue weighted by atomic mass is 9.79. The number of hydrogen-bond donors (Lipinski definition) is 0. The van der Waals surface area contributed by atoms with E-state index in [1.54, 1.807) is 12.4 Å². The maximum Gasteiger partial charge on any atom is 0.277 e. The van der Waals surface area contributed by atoms with Crippen LogP contribution in [0.15, 0.2) is 41.6 Å². The summed E-state index contributed by atoms with van der Waals surface area (Å²) in [6.45, 7) is 4.06. The Labute approximate surface area is 169 Å². The van der Waals surface area contributed by atoms with Gasteiger partial charge in [0.15, 0.2) is 0 Å². The van der Waals surface area contributed by atoms with Crippen LogP contribution >= 0.6 is 0 Å². The van der Waals surface area contributed by atoms with Crippen LogP contribution in [0.5, 0.6) is 5.75 Å². The molecule has 0 N–H and O–H groups in total. The van der Waals surface area contributed by atoms with Crippen molar-refractivity contribution in [2.45, 2.75) is 58.0 Å². The monoisotopic (exact) mass is 388 g/mol. The molecule has 3 aromatic rings. The van der Waals surface area contributed by atoms with Gasteiger partial charge in [0.1, 0.15) is 5.75 Å². The molecular weight excluding hydrogens is 364 g/mol. The molecule has 6 heteroatoms. The van der Waals surface area contributed by atoms with Crippen LogP contribution in [-0.4, -0.2) is 25.9 Å². The van der Waals surface area contributed by atoms with E-state index in [-0.39, 0.29) is 5.56 Å². The van der Waals surface area contributed by atoms with Gasteiger partial charge in [-0.1, -0.05) is 12.1 Å². The number of rotatable bonds is 4. The zero-order chi connectivity index (χ0) is 20.0. The van der Waals surface area contributed by atoms with Gasteiger partial charge in [0.05, 0.1) is 12.3 Å². The third-order valence-electron chi connectivity index (χ3n) is 5.92. The summed E-state index contributed by atoms with van der Waals surface area (Å²) in [4.78, 5) is 21.5. The number of fused-ring (bicyclic) bond motifs is 1. The van der Waals surface area contributed by atoms with Crippen molar-refractivity contribution >= 4 is 0 Å². The topological polar surface area (TPSA) is 69.9 Å². The van der Waals surface area contributed by atoms with Gasteiger partial charge in [-0.05, 0) is 80.2 Å². The van der Waals surface area contributed by atoms with Crippen molar-refractivity contribution in [1.29, 1.82) is 0 Å². The number of nitrogens with zero attached hydrogens (tertiary/aromatic N) is 4. The predicted molar refractivity (Wildman–Crippen MR) is 110 cm³/mol. The van der Waals surface area contributed by atoms with Crippen molar-refractivity contribution in [3.05, 3.63) is 75.0 Å². The standard InChI is InChI=1S/C23H24N4O2/c1-14-11-24-23(25-12-14)27-22(28)20-9-6-16(10-17(20)13-26-27)19-4-3-5-21(15(19)2)29-18-7-8-18/h3-5,11-13,16,18H,6-10H2,1-2H3. The highest BCUT2D eigenvalue weighted by Crippen LogP contribution is 2.37. The molecule has 0 spiro atoms. The van der Waals surface area contributed by atoms with Crippen molar-refractivity contribution in [2.75, 3.05) is 0 Å². The molecule has 0 radical (unpaired) electrons. The maximum atomic E-state index is 13.0. The summed E-state index contributed by atoms with van der Waals surface area (Å²) in [5.74, 6) is 1.70. The van der Waals surface area contributed by atoms with Crippen LogP contribution in [0.2, 0.25) is 0 Å². The van der Waals surface area contributed by atoms with Gasteiger partial charge in [0, 0.05) is 18.0 Å². The van der Waals surface area contributed by atoms with Gasteiger partial charge in [0.2, 0.25) is 0 Å². The average Bonchev–Trinajstić information content (AvgIpc) is 3.55. The molecule has 1 aromatic carbocycles. The van der Waals surface area contributed by atoms with E-state index in [2.05, 4.69) is 40.2 Å². The Bertz CT molecular complexity index is 1120. The molecule has 1 unspecified atom stereocenters. The minimum atomic E-state index is -0.104. The molecule has 1 fully saturated rings. The fourth-order valence-electron chi connectivity index (χ4n) is 4.12. The summed E-state index contributed by atoms with van der Waals surface area (Å²) < 4.78 is 7.38. The first-order valence-corrected chi connectivity index (χ1v) is 10.3. The Kier molecular flexibility index (Phi) is 4.42. The smallest absolute Gasteiger partial charge is 0.277 e. The number of hydrogen-bond acceptors (Lipinski definition) is 5. The van der Waals surface area contributed by atoms with E-state index in [4.69, 9.17) is 4.74 Å². The lowest BCUT2D eigenvalue weighted by Crippen LogP contribution is -2.30. The molecule has 2 aromatic heterocycles. The molecule has 1 saturated carbocycles. The fourth-order valence-corrected chi connectivity index (χ4v) is 4.12. The minimum absolute atomic E-state index is 0.104. The van der Waals surface area contributed by atoms with E-state index in [1.165, 1.54) is 15.8 Å². The fraction of sp³-hybridized carbons (Fsp3) is 0.391. The van der Waals surface area contributed by atoms with Crippen LogP contribution in [0.4, 0.5) is 0 Å². The highest BCUT2D eigenvalue weighted by molar-refractivity contribution is 5.43. The van der Waals surface area contributed by atoms with Crippen molar-refractivity contribution in [3.63, 3.8) is 0 Å². The Morgan fingerprint density at radius 1 is 1.07 bits per heavy atom. The molecule has 0 bridgehead atoms. The largest absolute Gasteiger partial charge is 0.490 e. The molecule has 6 nitrogen and oxygen atoms in total. The first kappa shape index (κ1) is 18.0. The summed E-state index contributed by atoms with van der Waals surface area (Å²) in [7, 11) is 0. The average molecular weight is 388 g/mol. The molecule has 5 rings (SSSR count). The van der Waals surface area contributed by atoms with Gasteiger partial charge < -0.3 is 4.74 Å². The number of aryl methyl sites for hydroxylation is 1. The predicted octanol–water partition coefficient (Wildman–Crippen LogP) is 3.45. The number of aromatic nitrogens is 4. The Hall–Kier alpha value is -3.02. The van der Waals surface area contributed by atoms with Crippen LogP contribution in [-0.2, 0) is 12.8 Å². The zero-order valence-corrected chi connectivity index (χ0v) is 16.8. The number of benzene rings is 1. The van der Waals surface area contributed by atoms with Crippen molar-refractivity contribution in [2.24, 2.45) is 0 Å². The quantitative estimate of drug-likeness (QED) is 0.685. The molecule has 29 heavy (non-hydrogen) atoms. The summed E-state index contributed by atoms with van der Waals surface area (Å²) in [5.41, 5.74) is 5.26. The van der Waals surface area contributed by atoms with E-state index >= 15 is 0 Å². The van der Waals surface area contributed by atoms with E-state index < -0.39 is 0 Å². The van der Waals surface area contributed by atoms with Gasteiger partial charge in [-0.2, -0.15) is 9.78 Å². The van der Waals surface area contributed by atoms with Gasteiger partial charge >= 0.3 is 0 Å². The second-order valence-corrected chi connectivity index (χ2v) is 8.15. The van der Waals surface area contributed by atoms with Crippen molar-refractivity contribution < 1.29 is 4.74 Å². The summed E-state index contributed by atoms with van der Waals surface area (Å²) in [5, 5.41) is 4.36. The van der Waals surface area contributed by atoms with Crippen LogP contribution in [0.3, 0.4) is 0 Å². The van der Waals surface area contributed by atoms with E-state index in [9.17, 15) is 4.79 Å². The minimum Gasteiger partial charge on any atom is -0.490 e. The normalized spacial score (nSPS) is 18.3. The third kappa shape index (κ3) is 3.43. The summed E-state index contributed by atoms with van der Waals surface area (Å²) >= 11 is 0. The van der Waals surface area contributed by atoms with Gasteiger partial charge in [-0.3, -0.25) is 4.79 Å². The molecular formula is C23H24N4O2. The first-order chi connectivity index (χ1) is 14.1. The highest BCUT2D eigenvalue weighted by Gasteiger charge is 2.28. The zero-order valence-electron chi connectivity index (χ0n) is 16.8. The first-order valence-electron chi connectivity index (χ1n) is 10.3. The molecule has 0 saturated heterocycles. The maximum absolute atomic E-state index is 13.0. The van der Waals surface area contributed by atoms with Crippen LogP contribution in [0.1, 0.15) is 53.0 Å². The SMILES string of the molecule is Cc1cnc(-n2ncc3c(c2=O)CCC(c2cccc(OC4CC4)c2C)C3)nc1. The Balaban J connectivity index is 1.44. The van der Waals surface area contributed by atoms with Crippen molar-refractivity contribution in [1.82, 2.24) is 19.7 Å². The van der Waals surface area contributed by atoms with Crippen molar-refractivity contribution in [3.8, 4) is 11.7 Å². The van der Waals surface area contributed by atoms with Crippen LogP contribution < -0.4 is 10.3 Å². The highest BCUT2D eigenvalue weighted by atomic mass is 16.5. The second-order valence-electron chi connectivity index (χ2n) is 8.15. The van der Waals surface area contributed by atoms with Gasteiger partial charge in [0.25, 0.3) is 11.5 Å². The number of ether oxygens (including phenoxy) is 1. The Morgan fingerprint density at radius 3 is 2.62 bits per heavy atom. The van der Waals surface area contributed by atoms with E-state index in [0.29, 0.717) is 18.0 Å². The van der Waals surface area contributed by atoms with E-state index in [0.717, 1.165) is 54.5 Å². The van der Waals surface area contributed by atoms with Crippen LogP contribution in [0.25, 0.3) is 5.95 Å². The summed E-state index contributed by atoms with van der Waals surface area (Å²) in [6, 6.07) is 6.34. The molecule has 2 heterocycles. The molecule has 148 valence electrons. The second kappa shape index (κ2) is 7.10. The Morgan fingerprint density at radius 2 is 1.86 bits per heavy atom. The molecule has 0 amide bonds. The lowest BCUT2D eigenvalue weighted by molar-refractivity contribution is 0.300. The summed E-state index contributed by atoms with van der Waals surface area (Å²) in [6.07, 6.45) is 10.4. The van der Waals surface area contributed by atoms with Gasteiger partial charge in [-0.15, -0.1) is 0 Å². The van der Waals surface area contributed by atoms with E-state index in [1.807, 2.05) is 13.1 Å². The van der Waals surface area contributed by atoms with Crippen LogP contribution in [0, 0.1) is 13.8 Å². The molecule has 0 aliphatic heterocycles. The molecule has 2 aliphatic rings. The molecule has 1 atom stereocenters. The lowest BCUT2D eigenvalue weighted by Gasteiger charge is -2.26. The van der Waals surface area contributed by atoms with Gasteiger partial charge in [-0.25, -0.2) is 9.97 Å².